The van der Waals surface area contributed by atoms with Crippen molar-refractivity contribution in [1.82, 2.24) is 9.80 Å². The third kappa shape index (κ3) is 3.55. The molecule has 1 aromatic rings. The standard InChI is InChI=1S/C20H31N3O/c1-2-24-20-7-5-19(6-8-20)23-15-17-13-22(14-18(17)16-23)12-11-21-9-3-4-10-21/h5-8,17-18H,2-4,9-16H2,1H3. The summed E-state index contributed by atoms with van der Waals surface area (Å²) in [6, 6.07) is 8.65. The Bertz CT molecular complexity index is 512. The predicted octanol–water partition coefficient (Wildman–Crippen LogP) is 2.55. The summed E-state index contributed by atoms with van der Waals surface area (Å²) in [4.78, 5) is 7.92. The van der Waals surface area contributed by atoms with Crippen molar-refractivity contribution in [2.24, 2.45) is 11.8 Å². The molecule has 0 bridgehead atoms. The molecule has 0 amide bonds. The molecule has 3 fully saturated rings. The molecule has 0 aromatic heterocycles. The van der Waals surface area contributed by atoms with Crippen molar-refractivity contribution in [3.05, 3.63) is 24.3 Å². The summed E-state index contributed by atoms with van der Waals surface area (Å²) in [6.45, 7) is 13.0. The zero-order valence-electron chi connectivity index (χ0n) is 15.0. The molecule has 3 saturated heterocycles. The van der Waals surface area contributed by atoms with Crippen LogP contribution in [-0.4, -0.2) is 68.8 Å². The molecule has 4 heteroatoms. The van der Waals surface area contributed by atoms with Crippen LogP contribution in [0.5, 0.6) is 5.75 Å². The molecule has 2 atom stereocenters. The number of hydrogen-bond acceptors (Lipinski definition) is 4. The van der Waals surface area contributed by atoms with Crippen molar-refractivity contribution in [1.29, 1.82) is 0 Å². The molecule has 0 aliphatic carbocycles. The Hall–Kier alpha value is -1.26. The molecule has 2 unspecified atom stereocenters. The highest BCUT2D eigenvalue weighted by Gasteiger charge is 2.39. The van der Waals surface area contributed by atoms with Crippen molar-refractivity contribution < 1.29 is 4.74 Å². The molecule has 3 aliphatic heterocycles. The average molecular weight is 329 g/mol. The van der Waals surface area contributed by atoms with Crippen molar-refractivity contribution in [3.8, 4) is 5.75 Å². The Morgan fingerprint density at radius 2 is 1.50 bits per heavy atom. The summed E-state index contributed by atoms with van der Waals surface area (Å²) in [5.41, 5.74) is 1.36. The fourth-order valence-electron chi connectivity index (χ4n) is 4.69. The number of benzene rings is 1. The van der Waals surface area contributed by atoms with Crippen LogP contribution in [0.2, 0.25) is 0 Å². The molecule has 0 spiro atoms. The number of nitrogens with zero attached hydrogens (tertiary/aromatic N) is 3. The van der Waals surface area contributed by atoms with Crippen LogP contribution in [-0.2, 0) is 0 Å². The van der Waals surface area contributed by atoms with Gasteiger partial charge in [-0.2, -0.15) is 0 Å². The maximum Gasteiger partial charge on any atom is 0.119 e. The van der Waals surface area contributed by atoms with Gasteiger partial charge in [-0.15, -0.1) is 0 Å². The average Bonchev–Trinajstić information content (AvgIpc) is 3.30. The number of rotatable bonds is 6. The summed E-state index contributed by atoms with van der Waals surface area (Å²) < 4.78 is 5.55. The van der Waals surface area contributed by atoms with E-state index in [0.717, 1.165) is 24.2 Å². The summed E-state index contributed by atoms with van der Waals surface area (Å²) in [5.74, 6) is 2.69. The van der Waals surface area contributed by atoms with E-state index in [2.05, 4.69) is 39.0 Å². The van der Waals surface area contributed by atoms with E-state index in [1.54, 1.807) is 0 Å². The molecule has 4 rings (SSSR count). The van der Waals surface area contributed by atoms with Crippen molar-refractivity contribution >= 4 is 5.69 Å². The van der Waals surface area contributed by atoms with Crippen molar-refractivity contribution in [3.63, 3.8) is 0 Å². The lowest BCUT2D eigenvalue weighted by Crippen LogP contribution is -2.35. The van der Waals surface area contributed by atoms with Crippen LogP contribution in [0.1, 0.15) is 19.8 Å². The minimum atomic E-state index is 0.737. The van der Waals surface area contributed by atoms with Crippen LogP contribution in [0.4, 0.5) is 5.69 Å². The molecular formula is C20H31N3O. The van der Waals surface area contributed by atoms with E-state index in [9.17, 15) is 0 Å². The number of hydrogen-bond donors (Lipinski definition) is 0. The van der Waals surface area contributed by atoms with Gasteiger partial charge in [0.15, 0.2) is 0 Å². The predicted molar refractivity (Wildman–Crippen MR) is 98.9 cm³/mol. The summed E-state index contributed by atoms with van der Waals surface area (Å²) >= 11 is 0. The second-order valence-corrected chi connectivity index (χ2v) is 7.66. The minimum Gasteiger partial charge on any atom is -0.494 e. The normalized spacial score (nSPS) is 27.8. The Kier molecular flexibility index (Phi) is 4.95. The second-order valence-electron chi connectivity index (χ2n) is 7.66. The van der Waals surface area contributed by atoms with Gasteiger partial charge in [0.25, 0.3) is 0 Å². The van der Waals surface area contributed by atoms with E-state index in [0.29, 0.717) is 0 Å². The van der Waals surface area contributed by atoms with Gasteiger partial charge in [-0.05, 0) is 69.0 Å². The van der Waals surface area contributed by atoms with Gasteiger partial charge in [-0.1, -0.05) is 0 Å². The Labute approximate surface area is 146 Å². The van der Waals surface area contributed by atoms with Gasteiger partial charge in [0.05, 0.1) is 6.61 Å². The van der Waals surface area contributed by atoms with E-state index in [4.69, 9.17) is 4.74 Å². The lowest BCUT2D eigenvalue weighted by molar-refractivity contribution is 0.248. The number of ether oxygens (including phenoxy) is 1. The van der Waals surface area contributed by atoms with E-state index >= 15 is 0 Å². The highest BCUT2D eigenvalue weighted by atomic mass is 16.5. The fraction of sp³-hybridized carbons (Fsp3) is 0.700. The van der Waals surface area contributed by atoms with E-state index in [-0.39, 0.29) is 0 Å². The monoisotopic (exact) mass is 329 g/mol. The van der Waals surface area contributed by atoms with Crippen LogP contribution in [0.3, 0.4) is 0 Å². The van der Waals surface area contributed by atoms with Crippen molar-refractivity contribution in [2.45, 2.75) is 19.8 Å². The minimum absolute atomic E-state index is 0.737. The Morgan fingerprint density at radius 1 is 0.875 bits per heavy atom. The highest BCUT2D eigenvalue weighted by Crippen LogP contribution is 2.34. The number of anilines is 1. The zero-order chi connectivity index (χ0) is 16.4. The lowest BCUT2D eigenvalue weighted by atomic mass is 10.0. The first-order chi connectivity index (χ1) is 11.8. The van der Waals surface area contributed by atoms with Crippen molar-refractivity contribution in [2.75, 3.05) is 63.9 Å². The third-order valence-corrected chi connectivity index (χ3v) is 6.01. The van der Waals surface area contributed by atoms with E-state index in [1.165, 1.54) is 70.9 Å². The van der Waals surface area contributed by atoms with Crippen LogP contribution in [0.25, 0.3) is 0 Å². The molecule has 3 aliphatic rings. The number of likely N-dealkylation sites (tertiary alicyclic amines) is 2. The Balaban J connectivity index is 1.26. The largest absolute Gasteiger partial charge is 0.494 e. The SMILES string of the molecule is CCOc1ccc(N2CC3CN(CCN4CCCC4)CC3C2)cc1. The van der Waals surface area contributed by atoms with E-state index < -0.39 is 0 Å². The first-order valence-corrected chi connectivity index (χ1v) is 9.74. The summed E-state index contributed by atoms with van der Waals surface area (Å²) in [5, 5.41) is 0. The zero-order valence-corrected chi connectivity index (χ0v) is 15.0. The van der Waals surface area contributed by atoms with Gasteiger partial charge in [-0.25, -0.2) is 0 Å². The third-order valence-electron chi connectivity index (χ3n) is 6.01. The molecule has 0 radical (unpaired) electrons. The van der Waals surface area contributed by atoms with Crippen LogP contribution >= 0.6 is 0 Å². The molecule has 0 saturated carbocycles. The molecule has 132 valence electrons. The molecule has 3 heterocycles. The van der Waals surface area contributed by atoms with Gasteiger partial charge >= 0.3 is 0 Å². The maximum atomic E-state index is 5.55. The maximum absolute atomic E-state index is 5.55. The van der Waals surface area contributed by atoms with Gasteiger partial charge in [0.2, 0.25) is 0 Å². The molecule has 0 N–H and O–H groups in total. The molecule has 24 heavy (non-hydrogen) atoms. The quantitative estimate of drug-likeness (QED) is 0.798. The van der Waals surface area contributed by atoms with E-state index in [1.807, 2.05) is 6.92 Å². The van der Waals surface area contributed by atoms with Crippen LogP contribution < -0.4 is 9.64 Å². The first kappa shape index (κ1) is 16.2. The highest BCUT2D eigenvalue weighted by molar-refractivity contribution is 5.50. The van der Waals surface area contributed by atoms with Crippen LogP contribution in [0.15, 0.2) is 24.3 Å². The molecular weight excluding hydrogens is 298 g/mol. The van der Waals surface area contributed by atoms with Gasteiger partial charge < -0.3 is 19.4 Å². The summed E-state index contributed by atoms with van der Waals surface area (Å²) in [6.07, 6.45) is 2.81. The topological polar surface area (TPSA) is 19.0 Å². The number of fused-ring (bicyclic) bond motifs is 1. The van der Waals surface area contributed by atoms with Gasteiger partial charge in [-0.3, -0.25) is 0 Å². The molecule has 1 aromatic carbocycles. The Morgan fingerprint density at radius 3 is 2.12 bits per heavy atom. The van der Waals surface area contributed by atoms with Crippen LogP contribution in [0, 0.1) is 11.8 Å². The molecule has 4 nitrogen and oxygen atoms in total. The first-order valence-electron chi connectivity index (χ1n) is 9.74. The van der Waals surface area contributed by atoms with Gasteiger partial charge in [0, 0.05) is 45.0 Å². The second kappa shape index (κ2) is 7.32. The smallest absolute Gasteiger partial charge is 0.119 e. The van der Waals surface area contributed by atoms with Gasteiger partial charge in [0.1, 0.15) is 5.75 Å². The lowest BCUT2D eigenvalue weighted by Gasteiger charge is -2.24. The fourth-order valence-corrected chi connectivity index (χ4v) is 4.69. The summed E-state index contributed by atoms with van der Waals surface area (Å²) in [7, 11) is 0.